The fourth-order valence-electron chi connectivity index (χ4n) is 1.50. The van der Waals surface area contributed by atoms with Crippen molar-refractivity contribution < 1.29 is 4.39 Å². The molecule has 1 heterocycles. The first kappa shape index (κ1) is 10.8. The predicted molar refractivity (Wildman–Crippen MR) is 59.0 cm³/mol. The Labute approximate surface area is 92.9 Å². The van der Waals surface area contributed by atoms with Crippen molar-refractivity contribution in [3.05, 3.63) is 35.4 Å². The highest BCUT2D eigenvalue weighted by Gasteiger charge is 2.09. The summed E-state index contributed by atoms with van der Waals surface area (Å²) in [5, 5.41) is 4.23. The van der Waals surface area contributed by atoms with E-state index in [1.54, 1.807) is 30.8 Å². The van der Waals surface area contributed by atoms with Crippen LogP contribution in [0.5, 0.6) is 0 Å². The Hall–Kier alpha value is -1.75. The smallest absolute Gasteiger partial charge is 0.181 e. The summed E-state index contributed by atoms with van der Waals surface area (Å²) in [7, 11) is 1.79. The Kier molecular flexibility index (Phi) is 2.70. The minimum Gasteiger partial charge on any atom is -0.324 e. The fourth-order valence-corrected chi connectivity index (χ4v) is 1.50. The molecule has 84 valence electrons. The maximum absolute atomic E-state index is 13.1. The molecule has 16 heavy (non-hydrogen) atoms. The van der Waals surface area contributed by atoms with Crippen LogP contribution in [0, 0.1) is 12.7 Å². The van der Waals surface area contributed by atoms with Gasteiger partial charge in [-0.15, -0.1) is 0 Å². The fraction of sp³-hybridized carbons (Fsp3) is 0.273. The lowest BCUT2D eigenvalue weighted by Crippen LogP contribution is -2.05. The zero-order valence-corrected chi connectivity index (χ0v) is 9.24. The molecule has 0 spiro atoms. The topological polar surface area (TPSA) is 56.7 Å². The van der Waals surface area contributed by atoms with Crippen LogP contribution in [0.1, 0.15) is 11.4 Å². The van der Waals surface area contributed by atoms with Crippen LogP contribution in [0.15, 0.2) is 18.2 Å². The Morgan fingerprint density at radius 3 is 2.75 bits per heavy atom. The molecule has 1 aromatic heterocycles. The minimum atomic E-state index is -0.223. The van der Waals surface area contributed by atoms with Gasteiger partial charge in [0.25, 0.3) is 0 Å². The average Bonchev–Trinajstić information content (AvgIpc) is 2.64. The van der Waals surface area contributed by atoms with Gasteiger partial charge in [-0.1, -0.05) is 0 Å². The SMILES string of the molecule is Cc1cc(-c2nc(CN)n(C)n2)ccc1F. The van der Waals surface area contributed by atoms with Gasteiger partial charge in [0, 0.05) is 12.6 Å². The van der Waals surface area contributed by atoms with E-state index in [0.29, 0.717) is 23.8 Å². The van der Waals surface area contributed by atoms with E-state index >= 15 is 0 Å². The molecule has 2 aromatic rings. The van der Waals surface area contributed by atoms with Crippen molar-refractivity contribution in [3.63, 3.8) is 0 Å². The van der Waals surface area contributed by atoms with Gasteiger partial charge in [-0.3, -0.25) is 4.68 Å². The van der Waals surface area contributed by atoms with Gasteiger partial charge in [-0.05, 0) is 30.7 Å². The zero-order chi connectivity index (χ0) is 11.7. The standard InChI is InChI=1S/C11H13FN4/c1-7-5-8(3-4-9(7)12)11-14-10(6-13)16(2)15-11/h3-5H,6,13H2,1-2H3. The first-order chi connectivity index (χ1) is 7.61. The quantitative estimate of drug-likeness (QED) is 0.832. The van der Waals surface area contributed by atoms with E-state index in [1.807, 2.05) is 0 Å². The molecule has 0 fully saturated rings. The van der Waals surface area contributed by atoms with Gasteiger partial charge in [0.05, 0.1) is 6.54 Å². The molecule has 4 nitrogen and oxygen atoms in total. The monoisotopic (exact) mass is 220 g/mol. The highest BCUT2D eigenvalue weighted by Crippen LogP contribution is 2.18. The van der Waals surface area contributed by atoms with Crippen LogP contribution in [0.3, 0.4) is 0 Å². The number of aryl methyl sites for hydroxylation is 2. The maximum Gasteiger partial charge on any atom is 0.181 e. The third-order valence-electron chi connectivity index (χ3n) is 2.45. The summed E-state index contributed by atoms with van der Waals surface area (Å²) in [6, 6.07) is 4.81. The van der Waals surface area contributed by atoms with Crippen LogP contribution < -0.4 is 5.73 Å². The van der Waals surface area contributed by atoms with E-state index in [1.165, 1.54) is 6.07 Å². The molecule has 2 N–H and O–H groups in total. The Morgan fingerprint density at radius 1 is 1.44 bits per heavy atom. The largest absolute Gasteiger partial charge is 0.324 e. The van der Waals surface area contributed by atoms with Crippen molar-refractivity contribution in [3.8, 4) is 11.4 Å². The number of nitrogens with two attached hydrogens (primary N) is 1. The van der Waals surface area contributed by atoms with E-state index < -0.39 is 0 Å². The van der Waals surface area contributed by atoms with Crippen molar-refractivity contribution in [2.24, 2.45) is 12.8 Å². The second-order valence-corrected chi connectivity index (χ2v) is 3.64. The van der Waals surface area contributed by atoms with Crippen LogP contribution in [-0.4, -0.2) is 14.8 Å². The van der Waals surface area contributed by atoms with E-state index in [2.05, 4.69) is 10.1 Å². The van der Waals surface area contributed by atoms with Crippen LogP contribution in [0.2, 0.25) is 0 Å². The van der Waals surface area contributed by atoms with Gasteiger partial charge < -0.3 is 5.73 Å². The van der Waals surface area contributed by atoms with Crippen molar-refractivity contribution >= 4 is 0 Å². The van der Waals surface area contributed by atoms with E-state index in [9.17, 15) is 4.39 Å². The van der Waals surface area contributed by atoms with E-state index in [0.717, 1.165) is 5.56 Å². The highest BCUT2D eigenvalue weighted by molar-refractivity contribution is 5.55. The molecule has 0 bridgehead atoms. The van der Waals surface area contributed by atoms with Crippen LogP contribution >= 0.6 is 0 Å². The minimum absolute atomic E-state index is 0.223. The van der Waals surface area contributed by atoms with Gasteiger partial charge in [0.15, 0.2) is 5.82 Å². The van der Waals surface area contributed by atoms with Gasteiger partial charge in [-0.25, -0.2) is 9.37 Å². The predicted octanol–water partition coefficient (Wildman–Crippen LogP) is 1.39. The number of halogens is 1. The molecule has 0 radical (unpaired) electrons. The van der Waals surface area contributed by atoms with Crippen molar-refractivity contribution in [1.29, 1.82) is 0 Å². The molecule has 0 saturated heterocycles. The molecule has 1 aromatic carbocycles. The van der Waals surface area contributed by atoms with Crippen LogP contribution in [-0.2, 0) is 13.6 Å². The van der Waals surface area contributed by atoms with E-state index in [4.69, 9.17) is 5.73 Å². The van der Waals surface area contributed by atoms with Gasteiger partial charge in [0.1, 0.15) is 11.6 Å². The van der Waals surface area contributed by atoms with Crippen molar-refractivity contribution in [2.75, 3.05) is 0 Å². The van der Waals surface area contributed by atoms with Gasteiger partial charge in [-0.2, -0.15) is 5.10 Å². The van der Waals surface area contributed by atoms with Crippen LogP contribution in [0.25, 0.3) is 11.4 Å². The van der Waals surface area contributed by atoms with Crippen molar-refractivity contribution in [1.82, 2.24) is 14.8 Å². The number of hydrogen-bond acceptors (Lipinski definition) is 3. The number of nitrogens with zero attached hydrogens (tertiary/aromatic N) is 3. The summed E-state index contributed by atoms with van der Waals surface area (Å²) in [5.74, 6) is 1.06. The Balaban J connectivity index is 2.46. The highest BCUT2D eigenvalue weighted by atomic mass is 19.1. The molecule has 5 heteroatoms. The third kappa shape index (κ3) is 1.81. The number of aromatic nitrogens is 3. The first-order valence-corrected chi connectivity index (χ1v) is 4.98. The van der Waals surface area contributed by atoms with Gasteiger partial charge >= 0.3 is 0 Å². The molecule has 0 aliphatic rings. The third-order valence-corrected chi connectivity index (χ3v) is 2.45. The molecule has 0 aliphatic heterocycles. The number of rotatable bonds is 2. The molecule has 2 rings (SSSR count). The second kappa shape index (κ2) is 4.02. The lowest BCUT2D eigenvalue weighted by molar-refractivity contribution is 0.618. The average molecular weight is 220 g/mol. The maximum atomic E-state index is 13.1. The summed E-state index contributed by atoms with van der Waals surface area (Å²) < 4.78 is 14.7. The summed E-state index contributed by atoms with van der Waals surface area (Å²) >= 11 is 0. The lowest BCUT2D eigenvalue weighted by Gasteiger charge is -1.98. The number of hydrogen-bond donors (Lipinski definition) is 1. The summed E-state index contributed by atoms with van der Waals surface area (Å²) in [6.07, 6.45) is 0. The molecule has 0 atom stereocenters. The summed E-state index contributed by atoms with van der Waals surface area (Å²) in [6.45, 7) is 2.05. The van der Waals surface area contributed by atoms with Crippen LogP contribution in [0.4, 0.5) is 4.39 Å². The molecule has 0 aliphatic carbocycles. The Bertz CT molecular complexity index is 519. The molecular formula is C11H13FN4. The second-order valence-electron chi connectivity index (χ2n) is 3.64. The number of benzene rings is 1. The molecule has 0 unspecified atom stereocenters. The first-order valence-electron chi connectivity index (χ1n) is 4.98. The molecular weight excluding hydrogens is 207 g/mol. The molecule has 0 amide bonds. The van der Waals surface area contributed by atoms with E-state index in [-0.39, 0.29) is 5.82 Å². The molecule has 0 saturated carbocycles. The summed E-state index contributed by atoms with van der Waals surface area (Å²) in [4.78, 5) is 4.27. The lowest BCUT2D eigenvalue weighted by atomic mass is 10.1. The van der Waals surface area contributed by atoms with Crippen molar-refractivity contribution in [2.45, 2.75) is 13.5 Å². The zero-order valence-electron chi connectivity index (χ0n) is 9.24. The van der Waals surface area contributed by atoms with Gasteiger partial charge in [0.2, 0.25) is 0 Å². The summed E-state index contributed by atoms with van der Waals surface area (Å²) in [5.41, 5.74) is 6.90. The Morgan fingerprint density at radius 2 is 2.19 bits per heavy atom. The normalized spacial score (nSPS) is 10.8.